The molecule has 0 saturated heterocycles. The van der Waals surface area contributed by atoms with Gasteiger partial charge in [0.2, 0.25) is 0 Å². The Balaban J connectivity index is 1.58. The molecule has 4 rings (SSSR count). The fourth-order valence-corrected chi connectivity index (χ4v) is 6.33. The van der Waals surface area contributed by atoms with Crippen molar-refractivity contribution in [2.45, 2.75) is 63.6 Å². The monoisotopic (exact) mass is 588 g/mol. The minimum Gasteiger partial charge on any atom is -0.496 e. The molecule has 2 aromatic heterocycles. The number of anilines is 1. The molecule has 11 nitrogen and oxygen atoms in total. The van der Waals surface area contributed by atoms with Crippen molar-refractivity contribution in [1.82, 2.24) is 14.9 Å². The highest BCUT2D eigenvalue weighted by atomic mass is 32.2. The van der Waals surface area contributed by atoms with Gasteiger partial charge < -0.3 is 23.5 Å². The van der Waals surface area contributed by atoms with Gasteiger partial charge >= 0.3 is 0 Å². The van der Waals surface area contributed by atoms with Crippen LogP contribution in [0.3, 0.4) is 0 Å². The van der Waals surface area contributed by atoms with E-state index in [1.165, 1.54) is 26.4 Å². The van der Waals surface area contributed by atoms with E-state index in [2.05, 4.69) is 48.8 Å². The number of aliphatic hydroxyl groups is 1. The molecule has 216 valence electrons. The van der Waals surface area contributed by atoms with Gasteiger partial charge in [0.1, 0.15) is 21.8 Å². The second-order valence-corrected chi connectivity index (χ2v) is 17.4. The van der Waals surface area contributed by atoms with Crippen LogP contribution < -0.4 is 14.2 Å². The second kappa shape index (κ2) is 11.2. The molecule has 0 saturated carbocycles. The predicted molar refractivity (Wildman–Crippen MR) is 154 cm³/mol. The smallest absolute Gasteiger partial charge is 0.267 e. The number of nitrogens with one attached hydrogen (secondary N) is 1. The molecule has 2 N–H and O–H groups in total. The van der Waals surface area contributed by atoms with Crippen molar-refractivity contribution < 1.29 is 31.9 Å². The predicted octanol–water partition coefficient (Wildman–Crippen LogP) is 4.90. The van der Waals surface area contributed by atoms with Gasteiger partial charge in [-0.05, 0) is 41.9 Å². The van der Waals surface area contributed by atoms with Crippen LogP contribution >= 0.6 is 0 Å². The van der Waals surface area contributed by atoms with Crippen LogP contribution in [0.1, 0.15) is 37.5 Å². The summed E-state index contributed by atoms with van der Waals surface area (Å²) >= 11 is 0. The Labute approximate surface area is 235 Å². The summed E-state index contributed by atoms with van der Waals surface area (Å²) in [7, 11) is -3.25. The van der Waals surface area contributed by atoms with Gasteiger partial charge in [0.25, 0.3) is 10.0 Å². The summed E-state index contributed by atoms with van der Waals surface area (Å²) in [5.74, 6) is 0.425. The molecule has 0 aliphatic heterocycles. The van der Waals surface area contributed by atoms with Gasteiger partial charge in [-0.2, -0.15) is 5.10 Å². The molecule has 13 heteroatoms. The normalized spacial score (nSPS) is 12.6. The number of fused-ring (bicyclic) bond motifs is 1. The van der Waals surface area contributed by atoms with Gasteiger partial charge in [-0.1, -0.05) is 38.1 Å². The number of hydrogen-bond donors (Lipinski definition) is 2. The van der Waals surface area contributed by atoms with Crippen molar-refractivity contribution in [3.05, 3.63) is 59.4 Å². The number of aliphatic hydroxyl groups excluding tert-OH is 1. The number of benzene rings is 2. The topological polar surface area (TPSA) is 138 Å². The molecule has 0 fully saturated rings. The molecular formula is C27H36N4O7SSi. The maximum atomic E-state index is 13.3. The Bertz CT molecular complexity index is 1580. The molecule has 0 aliphatic rings. The lowest BCUT2D eigenvalue weighted by molar-refractivity contribution is 0.276. The van der Waals surface area contributed by atoms with E-state index >= 15 is 0 Å². The van der Waals surface area contributed by atoms with Crippen LogP contribution in [0.4, 0.5) is 5.82 Å². The molecule has 0 radical (unpaired) electrons. The van der Waals surface area contributed by atoms with E-state index in [-0.39, 0.29) is 27.1 Å². The van der Waals surface area contributed by atoms with Crippen LogP contribution in [0, 0.1) is 0 Å². The first-order valence-corrected chi connectivity index (χ1v) is 17.1. The average molecular weight is 589 g/mol. The van der Waals surface area contributed by atoms with Crippen LogP contribution in [0.25, 0.3) is 11.0 Å². The van der Waals surface area contributed by atoms with Crippen molar-refractivity contribution in [2.75, 3.05) is 18.9 Å². The molecule has 2 aromatic carbocycles. The van der Waals surface area contributed by atoms with Crippen molar-refractivity contribution >= 4 is 35.1 Å². The van der Waals surface area contributed by atoms with E-state index < -0.39 is 24.9 Å². The lowest BCUT2D eigenvalue weighted by Crippen LogP contribution is -2.40. The first-order valence-electron chi connectivity index (χ1n) is 12.7. The van der Waals surface area contributed by atoms with Crippen molar-refractivity contribution in [2.24, 2.45) is 0 Å². The molecule has 0 aliphatic carbocycles. The minimum absolute atomic E-state index is 0.0441. The molecule has 4 aromatic rings. The summed E-state index contributed by atoms with van der Waals surface area (Å²) in [6.45, 7) is 11.5. The number of methoxy groups -OCH3 is 2. The highest BCUT2D eigenvalue weighted by molar-refractivity contribution is 7.92. The van der Waals surface area contributed by atoms with Crippen LogP contribution in [0.15, 0.2) is 52.1 Å². The summed E-state index contributed by atoms with van der Waals surface area (Å²) in [5, 5.41) is 18.6. The second-order valence-electron chi connectivity index (χ2n) is 11.0. The molecule has 40 heavy (non-hydrogen) atoms. The SMILES string of the molecule is COc1cccc(CO)c1S(=O)(=O)Nc1noc2cc(Cn3cc(CO[Si](C)(C)C(C)(C)C)cn3)cc(OC)c12. The summed E-state index contributed by atoms with van der Waals surface area (Å²) < 4.78 is 53.5. The van der Waals surface area contributed by atoms with E-state index in [9.17, 15) is 13.5 Å². The third-order valence-electron chi connectivity index (χ3n) is 7.21. The number of sulfonamides is 1. The van der Waals surface area contributed by atoms with E-state index in [1.807, 2.05) is 6.20 Å². The fraction of sp³-hybridized carbons (Fsp3) is 0.407. The van der Waals surface area contributed by atoms with E-state index in [4.69, 9.17) is 18.4 Å². The molecule has 0 bridgehead atoms. The lowest BCUT2D eigenvalue weighted by atomic mass is 10.1. The summed E-state index contributed by atoms with van der Waals surface area (Å²) in [6, 6.07) is 8.15. The quantitative estimate of drug-likeness (QED) is 0.234. The van der Waals surface area contributed by atoms with E-state index in [0.29, 0.717) is 29.9 Å². The number of nitrogens with zero attached hydrogens (tertiary/aromatic N) is 3. The highest BCUT2D eigenvalue weighted by Gasteiger charge is 2.37. The van der Waals surface area contributed by atoms with Crippen molar-refractivity contribution in [3.8, 4) is 11.5 Å². The van der Waals surface area contributed by atoms with Crippen molar-refractivity contribution in [1.29, 1.82) is 0 Å². The Morgan fingerprint density at radius 3 is 2.48 bits per heavy atom. The lowest BCUT2D eigenvalue weighted by Gasteiger charge is -2.36. The Kier molecular flexibility index (Phi) is 8.31. The number of hydrogen-bond acceptors (Lipinski definition) is 9. The summed E-state index contributed by atoms with van der Waals surface area (Å²) in [5.41, 5.74) is 2.32. The third kappa shape index (κ3) is 6.02. The van der Waals surface area contributed by atoms with Gasteiger partial charge in [-0.25, -0.2) is 8.42 Å². The highest BCUT2D eigenvalue weighted by Crippen LogP contribution is 2.38. The van der Waals surface area contributed by atoms with E-state index in [1.54, 1.807) is 29.1 Å². The first-order chi connectivity index (χ1) is 18.8. The number of aromatic nitrogens is 3. The van der Waals surface area contributed by atoms with Gasteiger partial charge in [-0.15, -0.1) is 0 Å². The molecule has 0 atom stereocenters. The maximum absolute atomic E-state index is 13.3. The van der Waals surface area contributed by atoms with Gasteiger partial charge in [0, 0.05) is 17.3 Å². The van der Waals surface area contributed by atoms with Crippen LogP contribution in [-0.4, -0.2) is 51.0 Å². The van der Waals surface area contributed by atoms with Crippen molar-refractivity contribution in [3.63, 3.8) is 0 Å². The van der Waals surface area contributed by atoms with Crippen LogP contribution in [0.5, 0.6) is 11.5 Å². The molecule has 0 amide bonds. The Morgan fingerprint density at radius 1 is 1.10 bits per heavy atom. The average Bonchev–Trinajstić information content (AvgIpc) is 3.52. The zero-order valence-corrected chi connectivity index (χ0v) is 25.6. The number of ether oxygens (including phenoxy) is 2. The molecule has 0 unspecified atom stereocenters. The Hall–Kier alpha value is -3.39. The van der Waals surface area contributed by atoms with Gasteiger partial charge in [0.15, 0.2) is 19.7 Å². The zero-order chi connectivity index (χ0) is 29.3. The minimum atomic E-state index is -4.20. The molecule has 0 spiro atoms. The zero-order valence-electron chi connectivity index (χ0n) is 23.8. The van der Waals surface area contributed by atoms with Crippen LogP contribution in [-0.2, 0) is 34.2 Å². The fourth-order valence-electron chi connectivity index (χ4n) is 3.98. The van der Waals surface area contributed by atoms with Gasteiger partial charge in [0.05, 0.1) is 40.2 Å². The van der Waals surface area contributed by atoms with Gasteiger partial charge in [-0.3, -0.25) is 9.40 Å². The maximum Gasteiger partial charge on any atom is 0.267 e. The van der Waals surface area contributed by atoms with E-state index in [0.717, 1.165) is 11.1 Å². The third-order valence-corrected chi connectivity index (χ3v) is 13.1. The molecule has 2 heterocycles. The first kappa shape index (κ1) is 29.6. The summed E-state index contributed by atoms with van der Waals surface area (Å²) in [4.78, 5) is -0.182. The summed E-state index contributed by atoms with van der Waals surface area (Å²) in [6.07, 6.45) is 3.73. The number of rotatable bonds is 11. The van der Waals surface area contributed by atoms with Crippen LogP contribution in [0.2, 0.25) is 18.1 Å². The molecular weight excluding hydrogens is 552 g/mol. The largest absolute Gasteiger partial charge is 0.496 e. The standard InChI is InChI=1S/C27H36N4O7SSi/c1-27(2,3)40(6,7)37-17-19-13-28-31(15-19)14-18-11-22(36-5)24-23(12-18)38-29-26(24)30-39(33,34)25-20(16-32)9-8-10-21(25)35-4/h8-13,15,32H,14,16-17H2,1-7H3,(H,29,30). The Morgan fingerprint density at radius 2 is 1.82 bits per heavy atom.